The summed E-state index contributed by atoms with van der Waals surface area (Å²) in [5.41, 5.74) is 2.74. The van der Waals surface area contributed by atoms with Gasteiger partial charge in [0.05, 0.1) is 44.2 Å². The number of anilines is 1. The van der Waals surface area contributed by atoms with E-state index in [1.54, 1.807) is 44.2 Å². The summed E-state index contributed by atoms with van der Waals surface area (Å²) < 4.78 is 17.6. The van der Waals surface area contributed by atoms with Crippen molar-refractivity contribution < 1.29 is 19.3 Å². The summed E-state index contributed by atoms with van der Waals surface area (Å²) in [6, 6.07) is 10.7. The molecule has 180 valence electrons. The van der Waals surface area contributed by atoms with Crippen molar-refractivity contribution in [2.75, 3.05) is 33.2 Å². The quantitative estimate of drug-likeness (QED) is 0.489. The fourth-order valence-corrected chi connectivity index (χ4v) is 4.30. The van der Waals surface area contributed by atoms with Gasteiger partial charge in [-0.25, -0.2) is 0 Å². The number of rotatable bonds is 8. The van der Waals surface area contributed by atoms with Crippen molar-refractivity contribution in [3.63, 3.8) is 0 Å². The van der Waals surface area contributed by atoms with E-state index in [9.17, 15) is 9.90 Å². The van der Waals surface area contributed by atoms with Crippen molar-refractivity contribution >= 4 is 16.7 Å². The Morgan fingerprint density at radius 2 is 1.82 bits per heavy atom. The molecule has 1 aliphatic rings. The molecule has 8 heteroatoms. The lowest BCUT2D eigenvalue weighted by Gasteiger charge is -2.34. The maximum Gasteiger partial charge on any atom is 0.251 e. The van der Waals surface area contributed by atoms with Crippen LogP contribution in [0.5, 0.6) is 17.2 Å². The van der Waals surface area contributed by atoms with Crippen molar-refractivity contribution in [3.05, 3.63) is 64.6 Å². The number of hydrogen-bond donors (Lipinski definition) is 2. The van der Waals surface area contributed by atoms with Gasteiger partial charge in [0.25, 0.3) is 5.56 Å². The highest BCUT2D eigenvalue weighted by Crippen LogP contribution is 2.34. The maximum atomic E-state index is 12.5. The summed E-state index contributed by atoms with van der Waals surface area (Å²) in [6.07, 6.45) is 6.61. The zero-order valence-corrected chi connectivity index (χ0v) is 19.8. The predicted octanol–water partition coefficient (Wildman–Crippen LogP) is 3.77. The van der Waals surface area contributed by atoms with Crippen molar-refractivity contribution in [2.45, 2.75) is 37.8 Å². The van der Waals surface area contributed by atoms with E-state index in [0.29, 0.717) is 43.2 Å². The van der Waals surface area contributed by atoms with Crippen molar-refractivity contribution in [1.82, 2.24) is 9.55 Å². The van der Waals surface area contributed by atoms with Crippen LogP contribution in [0.2, 0.25) is 0 Å². The number of benzene rings is 1. The van der Waals surface area contributed by atoms with Crippen LogP contribution >= 0.6 is 0 Å². The molecule has 0 bridgehead atoms. The van der Waals surface area contributed by atoms with Gasteiger partial charge in [-0.05, 0) is 43.9 Å². The van der Waals surface area contributed by atoms with Gasteiger partial charge in [-0.2, -0.15) is 0 Å². The molecule has 8 nitrogen and oxygen atoms in total. The van der Waals surface area contributed by atoms with Crippen LogP contribution in [0.25, 0.3) is 11.0 Å². The van der Waals surface area contributed by atoms with Gasteiger partial charge in [0.15, 0.2) is 11.5 Å². The number of fused-ring (bicyclic) bond motifs is 1. The molecular formula is C26H31N3O5. The Morgan fingerprint density at radius 1 is 1.06 bits per heavy atom. The molecule has 2 aromatic heterocycles. The van der Waals surface area contributed by atoms with E-state index in [4.69, 9.17) is 14.2 Å². The summed E-state index contributed by atoms with van der Waals surface area (Å²) in [7, 11) is 4.79. The first-order chi connectivity index (χ1) is 16.4. The first-order valence-electron chi connectivity index (χ1n) is 11.3. The van der Waals surface area contributed by atoms with Crippen LogP contribution < -0.4 is 25.1 Å². The van der Waals surface area contributed by atoms with Gasteiger partial charge in [0, 0.05) is 37.0 Å². The Balaban J connectivity index is 1.39. The number of nitrogens with one attached hydrogen (secondary N) is 1. The molecule has 34 heavy (non-hydrogen) atoms. The lowest BCUT2D eigenvalue weighted by atomic mass is 9.82. The van der Waals surface area contributed by atoms with Gasteiger partial charge >= 0.3 is 0 Å². The van der Waals surface area contributed by atoms with Crippen LogP contribution in [-0.4, -0.2) is 48.1 Å². The molecule has 2 heterocycles. The smallest absolute Gasteiger partial charge is 0.251 e. The third-order valence-electron chi connectivity index (χ3n) is 6.44. The molecule has 0 aliphatic heterocycles. The fraction of sp³-hybridized carbons (Fsp3) is 0.385. The zero-order valence-electron chi connectivity index (χ0n) is 19.8. The highest BCUT2D eigenvalue weighted by molar-refractivity contribution is 5.75. The van der Waals surface area contributed by atoms with E-state index in [1.165, 1.54) is 5.57 Å². The molecule has 1 fully saturated rings. The molecule has 4 rings (SSSR count). The highest BCUT2D eigenvalue weighted by Gasteiger charge is 2.30. The van der Waals surface area contributed by atoms with Crippen LogP contribution in [0, 0.1) is 0 Å². The minimum absolute atomic E-state index is 0.0779. The van der Waals surface area contributed by atoms with Gasteiger partial charge in [-0.1, -0.05) is 11.6 Å². The molecule has 2 N–H and O–H groups in total. The second-order valence-electron chi connectivity index (χ2n) is 8.57. The van der Waals surface area contributed by atoms with Crippen LogP contribution in [-0.2, 0) is 6.54 Å². The molecule has 1 aliphatic carbocycles. The number of ether oxygens (including phenoxy) is 3. The van der Waals surface area contributed by atoms with Crippen molar-refractivity contribution in [2.24, 2.45) is 0 Å². The molecule has 0 spiro atoms. The van der Waals surface area contributed by atoms with Crippen LogP contribution in [0.1, 0.15) is 25.7 Å². The minimum Gasteiger partial charge on any atom is -0.495 e. The molecule has 3 aromatic rings. The van der Waals surface area contributed by atoms with E-state index >= 15 is 0 Å². The molecule has 0 saturated heterocycles. The van der Waals surface area contributed by atoms with Crippen LogP contribution in [0.3, 0.4) is 0 Å². The first kappa shape index (κ1) is 23.6. The Bertz CT molecular complexity index is 1240. The number of aromatic nitrogens is 2. The first-order valence-corrected chi connectivity index (χ1v) is 11.3. The van der Waals surface area contributed by atoms with Gasteiger partial charge < -0.3 is 29.2 Å². The Hall–Kier alpha value is -3.52. The van der Waals surface area contributed by atoms with E-state index in [2.05, 4.69) is 16.4 Å². The lowest BCUT2D eigenvalue weighted by Crippen LogP contribution is -2.39. The monoisotopic (exact) mass is 465 g/mol. The molecule has 1 aromatic carbocycles. The van der Waals surface area contributed by atoms with Gasteiger partial charge in [0.1, 0.15) is 5.75 Å². The van der Waals surface area contributed by atoms with Gasteiger partial charge in [-0.3, -0.25) is 9.78 Å². The van der Waals surface area contributed by atoms with Crippen LogP contribution in [0.15, 0.2) is 59.0 Å². The normalized spacial score (nSPS) is 17.9. The molecule has 0 amide bonds. The summed E-state index contributed by atoms with van der Waals surface area (Å²) in [5, 5.41) is 14.4. The number of pyridine rings is 2. The Kier molecular flexibility index (Phi) is 7.07. The minimum atomic E-state index is -0.794. The van der Waals surface area contributed by atoms with Crippen LogP contribution in [0.4, 0.5) is 5.69 Å². The number of allylic oxidation sites excluding steroid dienone is 2. The number of nitrogens with zero attached hydrogens (tertiary/aromatic N) is 2. The van der Waals surface area contributed by atoms with E-state index in [1.807, 2.05) is 24.3 Å². The van der Waals surface area contributed by atoms with E-state index in [0.717, 1.165) is 29.6 Å². The molecule has 0 unspecified atom stereocenters. The third kappa shape index (κ3) is 5.17. The van der Waals surface area contributed by atoms with Gasteiger partial charge in [-0.15, -0.1) is 0 Å². The topological polar surface area (TPSA) is 94.8 Å². The molecular weight excluding hydrogens is 434 g/mol. The second kappa shape index (κ2) is 10.2. The second-order valence-corrected chi connectivity index (χ2v) is 8.57. The average Bonchev–Trinajstić information content (AvgIpc) is 2.87. The Labute approximate surface area is 198 Å². The summed E-state index contributed by atoms with van der Waals surface area (Å²) >= 11 is 0. The van der Waals surface area contributed by atoms with Crippen molar-refractivity contribution in [1.29, 1.82) is 0 Å². The SMILES string of the molecule is COc1cnc2ccc(=O)n(CC=C3CCC(O)(CNc4ccc(OC)c(OC)c4)CC3)c2c1. The highest BCUT2D eigenvalue weighted by atomic mass is 16.5. The fourth-order valence-electron chi connectivity index (χ4n) is 4.30. The van der Waals surface area contributed by atoms with E-state index < -0.39 is 5.60 Å². The summed E-state index contributed by atoms with van der Waals surface area (Å²) in [4.78, 5) is 16.9. The maximum absolute atomic E-state index is 12.5. The average molecular weight is 466 g/mol. The van der Waals surface area contributed by atoms with Gasteiger partial charge in [0.2, 0.25) is 0 Å². The largest absolute Gasteiger partial charge is 0.495 e. The Morgan fingerprint density at radius 3 is 2.53 bits per heavy atom. The van der Waals surface area contributed by atoms with E-state index in [-0.39, 0.29) is 5.56 Å². The summed E-state index contributed by atoms with van der Waals surface area (Å²) in [6.45, 7) is 0.909. The summed E-state index contributed by atoms with van der Waals surface area (Å²) in [5.74, 6) is 1.92. The number of hydrogen-bond acceptors (Lipinski definition) is 7. The molecule has 0 radical (unpaired) electrons. The zero-order chi connectivity index (χ0) is 24.1. The number of aliphatic hydroxyl groups is 1. The third-order valence-corrected chi connectivity index (χ3v) is 6.44. The number of methoxy groups -OCH3 is 3. The molecule has 0 atom stereocenters. The standard InChI is InChI=1S/C26H31N3O5/c1-32-20-15-22-21(27-16-20)5-7-25(30)29(22)13-10-18-8-11-26(31,12-9-18)17-28-19-4-6-23(33-2)24(14-19)34-3/h4-7,10,14-16,28,31H,8-9,11-13,17H2,1-3H3. The molecule has 1 saturated carbocycles. The lowest BCUT2D eigenvalue weighted by molar-refractivity contribution is 0.0266. The predicted molar refractivity (Wildman–Crippen MR) is 132 cm³/mol. The van der Waals surface area contributed by atoms with Crippen molar-refractivity contribution in [3.8, 4) is 17.2 Å².